The fourth-order valence-corrected chi connectivity index (χ4v) is 2.77. The molecule has 7 heteroatoms. The van der Waals surface area contributed by atoms with Crippen LogP contribution < -0.4 is 5.32 Å². The molecule has 1 fully saturated rings. The Morgan fingerprint density at radius 2 is 2.04 bits per heavy atom. The van der Waals surface area contributed by atoms with Crippen LogP contribution in [0.3, 0.4) is 0 Å². The first-order chi connectivity index (χ1) is 11.8. The number of urea groups is 1. The van der Waals surface area contributed by atoms with Crippen molar-refractivity contribution in [2.75, 3.05) is 11.9 Å². The highest BCUT2D eigenvalue weighted by Gasteiger charge is 2.33. The highest BCUT2D eigenvalue weighted by molar-refractivity contribution is 5.90. The van der Waals surface area contributed by atoms with Gasteiger partial charge in [-0.15, -0.1) is 0 Å². The van der Waals surface area contributed by atoms with Crippen molar-refractivity contribution in [3.05, 3.63) is 66.9 Å². The van der Waals surface area contributed by atoms with Crippen molar-refractivity contribution in [1.82, 2.24) is 24.6 Å². The summed E-state index contributed by atoms with van der Waals surface area (Å²) in [5, 5.41) is 6.91. The number of pyridine rings is 1. The SMILES string of the molecule is O=C(Nc1ccc(-n2cncn2)nc1)N1CCC1c1ccccc1. The molecule has 3 heterocycles. The van der Waals surface area contributed by atoms with E-state index in [2.05, 4.69) is 32.5 Å². The van der Waals surface area contributed by atoms with E-state index in [0.717, 1.165) is 13.0 Å². The van der Waals surface area contributed by atoms with E-state index in [1.54, 1.807) is 29.3 Å². The van der Waals surface area contributed by atoms with E-state index >= 15 is 0 Å². The van der Waals surface area contributed by atoms with Gasteiger partial charge in [0.1, 0.15) is 12.7 Å². The van der Waals surface area contributed by atoms with Gasteiger partial charge in [0.15, 0.2) is 5.82 Å². The quantitative estimate of drug-likeness (QED) is 0.805. The second kappa shape index (κ2) is 6.11. The van der Waals surface area contributed by atoms with Crippen LogP contribution >= 0.6 is 0 Å². The maximum absolute atomic E-state index is 12.5. The Morgan fingerprint density at radius 1 is 1.17 bits per heavy atom. The molecular weight excluding hydrogens is 304 g/mol. The zero-order chi connectivity index (χ0) is 16.4. The summed E-state index contributed by atoms with van der Waals surface area (Å²) in [7, 11) is 0. The average Bonchev–Trinajstić information content (AvgIpc) is 3.10. The third-order valence-corrected chi connectivity index (χ3v) is 4.12. The topological polar surface area (TPSA) is 75.9 Å². The highest BCUT2D eigenvalue weighted by atomic mass is 16.2. The molecule has 0 saturated carbocycles. The van der Waals surface area contributed by atoms with Gasteiger partial charge in [-0.05, 0) is 24.1 Å². The van der Waals surface area contributed by atoms with Gasteiger partial charge in [-0.25, -0.2) is 19.4 Å². The van der Waals surface area contributed by atoms with Crippen LogP contribution in [0.4, 0.5) is 10.5 Å². The van der Waals surface area contributed by atoms with E-state index in [0.29, 0.717) is 11.5 Å². The van der Waals surface area contributed by atoms with Crippen LogP contribution in [0.25, 0.3) is 5.82 Å². The van der Waals surface area contributed by atoms with Crippen LogP contribution in [0.2, 0.25) is 0 Å². The van der Waals surface area contributed by atoms with Crippen molar-refractivity contribution in [3.63, 3.8) is 0 Å². The standard InChI is InChI=1S/C17H16N6O/c24-17(22-9-8-15(22)13-4-2-1-3-5-13)21-14-6-7-16(19-10-14)23-12-18-11-20-23/h1-7,10-12,15H,8-9H2,(H,21,24). The number of carbonyl (C=O) groups is 1. The summed E-state index contributed by atoms with van der Waals surface area (Å²) in [5.41, 5.74) is 1.82. The lowest BCUT2D eigenvalue weighted by Gasteiger charge is -2.41. The fraction of sp³-hybridized carbons (Fsp3) is 0.176. The van der Waals surface area contributed by atoms with Crippen molar-refractivity contribution < 1.29 is 4.79 Å². The van der Waals surface area contributed by atoms with Crippen molar-refractivity contribution in [3.8, 4) is 5.82 Å². The first kappa shape index (κ1) is 14.4. The molecule has 0 radical (unpaired) electrons. The van der Waals surface area contributed by atoms with Crippen LogP contribution in [0.1, 0.15) is 18.0 Å². The van der Waals surface area contributed by atoms with Gasteiger partial charge in [0.25, 0.3) is 0 Å². The Balaban J connectivity index is 1.43. The number of carbonyl (C=O) groups excluding carboxylic acids is 1. The molecule has 1 aromatic carbocycles. The summed E-state index contributed by atoms with van der Waals surface area (Å²) >= 11 is 0. The summed E-state index contributed by atoms with van der Waals surface area (Å²) < 4.78 is 1.56. The molecule has 2 aromatic heterocycles. The lowest BCUT2D eigenvalue weighted by Crippen LogP contribution is -2.47. The first-order valence-corrected chi connectivity index (χ1v) is 7.75. The second-order valence-corrected chi connectivity index (χ2v) is 5.58. The molecular formula is C17H16N6O. The van der Waals surface area contributed by atoms with Crippen LogP contribution in [0.15, 0.2) is 61.3 Å². The summed E-state index contributed by atoms with van der Waals surface area (Å²) in [5.74, 6) is 0.650. The normalized spacial score (nSPS) is 16.5. The molecule has 1 aliphatic rings. The molecule has 24 heavy (non-hydrogen) atoms. The molecule has 120 valence electrons. The largest absolute Gasteiger partial charge is 0.322 e. The smallest absolute Gasteiger partial charge is 0.317 e. The minimum absolute atomic E-state index is 0.106. The number of hydrogen-bond donors (Lipinski definition) is 1. The van der Waals surface area contributed by atoms with Crippen molar-refractivity contribution >= 4 is 11.7 Å². The lowest BCUT2D eigenvalue weighted by atomic mass is 9.95. The number of nitrogens with one attached hydrogen (secondary N) is 1. The average molecular weight is 320 g/mol. The first-order valence-electron chi connectivity index (χ1n) is 7.75. The van der Waals surface area contributed by atoms with E-state index < -0.39 is 0 Å². The molecule has 2 amide bonds. The Morgan fingerprint density at radius 3 is 2.67 bits per heavy atom. The minimum atomic E-state index is -0.106. The highest BCUT2D eigenvalue weighted by Crippen LogP contribution is 2.33. The minimum Gasteiger partial charge on any atom is -0.317 e. The molecule has 1 unspecified atom stereocenters. The number of benzene rings is 1. The zero-order valence-corrected chi connectivity index (χ0v) is 12.9. The number of anilines is 1. The van der Waals surface area contributed by atoms with E-state index in [4.69, 9.17) is 0 Å². The van der Waals surface area contributed by atoms with E-state index in [9.17, 15) is 4.79 Å². The Kier molecular flexibility index (Phi) is 3.66. The van der Waals surface area contributed by atoms with Crippen molar-refractivity contribution in [2.24, 2.45) is 0 Å². The van der Waals surface area contributed by atoms with Crippen LogP contribution in [-0.4, -0.2) is 37.2 Å². The summed E-state index contributed by atoms with van der Waals surface area (Å²) in [4.78, 5) is 22.5. The zero-order valence-electron chi connectivity index (χ0n) is 12.9. The number of likely N-dealkylation sites (tertiary alicyclic amines) is 1. The van der Waals surface area contributed by atoms with Crippen LogP contribution in [-0.2, 0) is 0 Å². The monoisotopic (exact) mass is 320 g/mol. The van der Waals surface area contributed by atoms with E-state index in [-0.39, 0.29) is 12.1 Å². The van der Waals surface area contributed by atoms with Crippen LogP contribution in [0, 0.1) is 0 Å². The number of amides is 2. The molecule has 1 atom stereocenters. The van der Waals surface area contributed by atoms with Gasteiger partial charge >= 0.3 is 6.03 Å². The predicted octanol–water partition coefficient (Wildman–Crippen LogP) is 2.64. The molecule has 1 saturated heterocycles. The van der Waals surface area contributed by atoms with Crippen molar-refractivity contribution in [1.29, 1.82) is 0 Å². The van der Waals surface area contributed by atoms with Gasteiger partial charge in [0, 0.05) is 6.54 Å². The molecule has 7 nitrogen and oxygen atoms in total. The summed E-state index contributed by atoms with van der Waals surface area (Å²) in [6.45, 7) is 0.760. The molecule has 0 aliphatic carbocycles. The van der Waals surface area contributed by atoms with Gasteiger partial charge in [-0.2, -0.15) is 5.10 Å². The lowest BCUT2D eigenvalue weighted by molar-refractivity contribution is 0.126. The fourth-order valence-electron chi connectivity index (χ4n) is 2.77. The van der Waals surface area contributed by atoms with Gasteiger partial charge in [-0.1, -0.05) is 30.3 Å². The molecule has 0 spiro atoms. The van der Waals surface area contributed by atoms with E-state index in [1.807, 2.05) is 23.1 Å². The van der Waals surface area contributed by atoms with E-state index in [1.165, 1.54) is 11.9 Å². The predicted molar refractivity (Wildman–Crippen MR) is 88.7 cm³/mol. The molecule has 1 N–H and O–H groups in total. The number of rotatable bonds is 3. The van der Waals surface area contributed by atoms with Gasteiger partial charge in [0.05, 0.1) is 17.9 Å². The van der Waals surface area contributed by atoms with Crippen LogP contribution in [0.5, 0.6) is 0 Å². The maximum Gasteiger partial charge on any atom is 0.322 e. The Hall–Kier alpha value is -3.22. The van der Waals surface area contributed by atoms with Gasteiger partial charge < -0.3 is 10.2 Å². The van der Waals surface area contributed by atoms with Crippen molar-refractivity contribution in [2.45, 2.75) is 12.5 Å². The summed E-state index contributed by atoms with van der Waals surface area (Å²) in [6.07, 6.45) is 5.63. The van der Waals surface area contributed by atoms with Gasteiger partial charge in [-0.3, -0.25) is 0 Å². The van der Waals surface area contributed by atoms with Gasteiger partial charge in [0.2, 0.25) is 0 Å². The third-order valence-electron chi connectivity index (χ3n) is 4.12. The molecule has 4 rings (SSSR count). The maximum atomic E-state index is 12.5. The Bertz CT molecular complexity index is 816. The molecule has 1 aliphatic heterocycles. The summed E-state index contributed by atoms with van der Waals surface area (Å²) in [6, 6.07) is 13.7. The number of nitrogens with zero attached hydrogens (tertiary/aromatic N) is 5. The second-order valence-electron chi connectivity index (χ2n) is 5.58. The Labute approximate surface area is 139 Å². The third kappa shape index (κ3) is 2.71. The number of hydrogen-bond acceptors (Lipinski definition) is 4. The molecule has 3 aromatic rings. The molecule has 0 bridgehead atoms. The number of aromatic nitrogens is 4.